The van der Waals surface area contributed by atoms with Gasteiger partial charge in [-0.1, -0.05) is 24.3 Å². The molecule has 0 spiro atoms. The Morgan fingerprint density at radius 3 is 1.97 bits per heavy atom. The molecule has 0 aromatic heterocycles. The summed E-state index contributed by atoms with van der Waals surface area (Å²) in [5.41, 5.74) is 1.11. The van der Waals surface area contributed by atoms with Gasteiger partial charge in [-0.05, 0) is 61.0 Å². The van der Waals surface area contributed by atoms with Crippen molar-refractivity contribution in [3.05, 3.63) is 78.4 Å². The van der Waals surface area contributed by atoms with Crippen molar-refractivity contribution in [2.75, 3.05) is 32.2 Å². The van der Waals surface area contributed by atoms with Gasteiger partial charge < -0.3 is 19.5 Å². The van der Waals surface area contributed by atoms with E-state index in [-0.39, 0.29) is 16.6 Å². The maximum atomic E-state index is 13.6. The summed E-state index contributed by atoms with van der Waals surface area (Å²) in [4.78, 5) is 13.0. The molecule has 0 heterocycles. The van der Waals surface area contributed by atoms with E-state index in [0.29, 0.717) is 17.2 Å². The lowest BCUT2D eigenvalue weighted by Crippen LogP contribution is -2.41. The minimum atomic E-state index is -4.10. The molecule has 0 aliphatic carbocycles. The van der Waals surface area contributed by atoms with Gasteiger partial charge >= 0.3 is 0 Å². The SMILES string of the molecule is COc1ccc([C@@H](C)NC(=O)CN(c2ccccc2OC)S(=O)(=O)c2ccc(OC)cc2)cc1. The number of nitrogens with one attached hydrogen (secondary N) is 1. The van der Waals surface area contributed by atoms with E-state index in [9.17, 15) is 13.2 Å². The molecule has 34 heavy (non-hydrogen) atoms. The summed E-state index contributed by atoms with van der Waals surface area (Å²) in [7, 11) is 0.430. The molecule has 1 atom stereocenters. The number of benzene rings is 3. The van der Waals surface area contributed by atoms with E-state index in [4.69, 9.17) is 14.2 Å². The van der Waals surface area contributed by atoms with Gasteiger partial charge in [0.1, 0.15) is 23.8 Å². The highest BCUT2D eigenvalue weighted by Gasteiger charge is 2.29. The average Bonchev–Trinajstić information content (AvgIpc) is 2.87. The molecule has 3 aromatic carbocycles. The fourth-order valence-corrected chi connectivity index (χ4v) is 4.84. The lowest BCUT2D eigenvalue weighted by molar-refractivity contribution is -0.120. The van der Waals surface area contributed by atoms with Crippen LogP contribution in [-0.4, -0.2) is 42.2 Å². The Labute approximate surface area is 200 Å². The van der Waals surface area contributed by atoms with E-state index >= 15 is 0 Å². The predicted octanol–water partition coefficient (Wildman–Crippen LogP) is 3.79. The molecule has 0 radical (unpaired) electrons. The molecule has 0 saturated carbocycles. The van der Waals surface area contributed by atoms with Crippen LogP contribution in [0.2, 0.25) is 0 Å². The Kier molecular flexibility index (Phi) is 8.01. The van der Waals surface area contributed by atoms with Crippen molar-refractivity contribution < 1.29 is 27.4 Å². The molecule has 9 heteroatoms. The monoisotopic (exact) mass is 484 g/mol. The molecule has 3 rings (SSSR count). The highest BCUT2D eigenvalue weighted by Crippen LogP contribution is 2.32. The van der Waals surface area contributed by atoms with E-state index in [2.05, 4.69) is 5.32 Å². The zero-order valence-corrected chi connectivity index (χ0v) is 20.3. The lowest BCUT2D eigenvalue weighted by Gasteiger charge is -2.26. The smallest absolute Gasteiger partial charge is 0.264 e. The minimum Gasteiger partial charge on any atom is -0.497 e. The van der Waals surface area contributed by atoms with Crippen LogP contribution in [0.5, 0.6) is 17.2 Å². The summed E-state index contributed by atoms with van der Waals surface area (Å²) in [5.74, 6) is 1.09. The molecule has 3 aromatic rings. The van der Waals surface area contributed by atoms with Gasteiger partial charge in [0.25, 0.3) is 10.0 Å². The third-order valence-corrected chi connectivity index (χ3v) is 7.06. The molecule has 0 bridgehead atoms. The van der Waals surface area contributed by atoms with Crippen LogP contribution < -0.4 is 23.8 Å². The van der Waals surface area contributed by atoms with Crippen LogP contribution in [0.25, 0.3) is 0 Å². The first-order valence-corrected chi connectivity index (χ1v) is 12.0. The third kappa shape index (κ3) is 5.60. The number of ether oxygens (including phenoxy) is 3. The van der Waals surface area contributed by atoms with Gasteiger partial charge in [-0.3, -0.25) is 9.10 Å². The molecule has 0 aliphatic heterocycles. The number of para-hydroxylation sites is 2. The number of carbonyl (C=O) groups excluding carboxylic acids is 1. The number of hydrogen-bond donors (Lipinski definition) is 1. The third-order valence-electron chi connectivity index (χ3n) is 5.28. The van der Waals surface area contributed by atoms with E-state index in [0.717, 1.165) is 9.87 Å². The van der Waals surface area contributed by atoms with Crippen LogP contribution in [0.3, 0.4) is 0 Å². The molecule has 0 aliphatic rings. The Balaban J connectivity index is 1.91. The summed E-state index contributed by atoms with van der Waals surface area (Å²) < 4.78 is 43.9. The molecule has 0 saturated heterocycles. The Morgan fingerprint density at radius 2 is 1.41 bits per heavy atom. The van der Waals surface area contributed by atoms with Gasteiger partial charge in [-0.25, -0.2) is 8.42 Å². The van der Waals surface area contributed by atoms with Crippen LogP contribution in [-0.2, 0) is 14.8 Å². The zero-order chi connectivity index (χ0) is 24.7. The first kappa shape index (κ1) is 24.9. The van der Waals surface area contributed by atoms with Crippen molar-refractivity contribution in [1.82, 2.24) is 5.32 Å². The van der Waals surface area contributed by atoms with Crippen LogP contribution in [0.1, 0.15) is 18.5 Å². The molecule has 1 N–H and O–H groups in total. The number of hydrogen-bond acceptors (Lipinski definition) is 6. The van der Waals surface area contributed by atoms with Crippen molar-refractivity contribution in [3.8, 4) is 17.2 Å². The second kappa shape index (κ2) is 10.9. The second-order valence-corrected chi connectivity index (χ2v) is 9.28. The van der Waals surface area contributed by atoms with Crippen LogP contribution in [0.15, 0.2) is 77.7 Å². The number of methoxy groups -OCH3 is 3. The second-order valence-electron chi connectivity index (χ2n) is 7.42. The number of anilines is 1. The first-order chi connectivity index (χ1) is 16.3. The van der Waals surface area contributed by atoms with E-state index in [1.165, 1.54) is 26.4 Å². The van der Waals surface area contributed by atoms with E-state index in [1.807, 2.05) is 19.1 Å². The largest absolute Gasteiger partial charge is 0.497 e. The molecule has 180 valence electrons. The normalized spacial score (nSPS) is 11.9. The van der Waals surface area contributed by atoms with Crippen molar-refractivity contribution >= 4 is 21.6 Å². The maximum Gasteiger partial charge on any atom is 0.264 e. The Hall–Kier alpha value is -3.72. The van der Waals surface area contributed by atoms with Gasteiger partial charge in [0.2, 0.25) is 5.91 Å². The van der Waals surface area contributed by atoms with Gasteiger partial charge in [0, 0.05) is 0 Å². The van der Waals surface area contributed by atoms with Crippen molar-refractivity contribution in [2.45, 2.75) is 17.9 Å². The van der Waals surface area contributed by atoms with E-state index in [1.54, 1.807) is 55.6 Å². The summed E-state index contributed by atoms with van der Waals surface area (Å²) in [6, 6.07) is 19.6. The van der Waals surface area contributed by atoms with Crippen LogP contribution in [0, 0.1) is 0 Å². The van der Waals surface area contributed by atoms with Gasteiger partial charge in [0.15, 0.2) is 0 Å². The summed E-state index contributed by atoms with van der Waals surface area (Å²) in [6.07, 6.45) is 0. The van der Waals surface area contributed by atoms with Gasteiger partial charge in [-0.15, -0.1) is 0 Å². The maximum absolute atomic E-state index is 13.6. The number of nitrogens with zero attached hydrogens (tertiary/aromatic N) is 1. The van der Waals surface area contributed by atoms with E-state index < -0.39 is 22.5 Å². The number of carbonyl (C=O) groups is 1. The summed E-state index contributed by atoms with van der Waals surface area (Å²) in [6.45, 7) is 1.39. The molecular formula is C25H28N2O6S. The highest BCUT2D eigenvalue weighted by atomic mass is 32.2. The zero-order valence-electron chi connectivity index (χ0n) is 19.5. The summed E-state index contributed by atoms with van der Waals surface area (Å²) >= 11 is 0. The van der Waals surface area contributed by atoms with Crippen LogP contribution >= 0.6 is 0 Å². The molecule has 0 fully saturated rings. The summed E-state index contributed by atoms with van der Waals surface area (Å²) in [5, 5.41) is 2.87. The predicted molar refractivity (Wildman–Crippen MR) is 130 cm³/mol. The highest BCUT2D eigenvalue weighted by molar-refractivity contribution is 7.92. The molecule has 8 nitrogen and oxygen atoms in total. The minimum absolute atomic E-state index is 0.0233. The van der Waals surface area contributed by atoms with Crippen LogP contribution in [0.4, 0.5) is 5.69 Å². The Morgan fingerprint density at radius 1 is 0.853 bits per heavy atom. The number of amides is 1. The van der Waals surface area contributed by atoms with Crippen molar-refractivity contribution in [3.63, 3.8) is 0 Å². The lowest BCUT2D eigenvalue weighted by atomic mass is 10.1. The first-order valence-electron chi connectivity index (χ1n) is 10.5. The molecule has 1 amide bonds. The average molecular weight is 485 g/mol. The fraction of sp³-hybridized carbons (Fsp3) is 0.240. The Bertz CT molecular complexity index is 1210. The van der Waals surface area contributed by atoms with Crippen molar-refractivity contribution in [2.24, 2.45) is 0 Å². The fourth-order valence-electron chi connectivity index (χ4n) is 3.40. The van der Waals surface area contributed by atoms with Crippen molar-refractivity contribution in [1.29, 1.82) is 0 Å². The topological polar surface area (TPSA) is 94.2 Å². The number of sulfonamides is 1. The molecule has 0 unspecified atom stereocenters. The standard InChI is InChI=1S/C25H28N2O6S/c1-18(19-9-11-20(31-2)12-10-19)26-25(28)17-27(23-7-5-6-8-24(23)33-4)34(29,30)22-15-13-21(32-3)14-16-22/h5-16,18H,17H2,1-4H3,(H,26,28)/t18-/m1/s1. The molecular weight excluding hydrogens is 456 g/mol. The number of rotatable bonds is 10. The quantitative estimate of drug-likeness (QED) is 0.471. The van der Waals surface area contributed by atoms with Gasteiger partial charge in [0.05, 0.1) is 38.0 Å². The van der Waals surface area contributed by atoms with Gasteiger partial charge in [-0.2, -0.15) is 0 Å².